The largest absolute Gasteiger partial charge is 0.396 e. The van der Waals surface area contributed by atoms with Crippen molar-refractivity contribution < 1.29 is 27.5 Å². The highest BCUT2D eigenvalue weighted by atomic mass is 19.4. The van der Waals surface area contributed by atoms with Gasteiger partial charge in [-0.05, 0) is 39.0 Å². The van der Waals surface area contributed by atoms with Gasteiger partial charge in [-0.3, -0.25) is 9.59 Å². The summed E-state index contributed by atoms with van der Waals surface area (Å²) in [6.07, 6.45) is -2.18. The third-order valence-corrected chi connectivity index (χ3v) is 4.84. The second-order valence-corrected chi connectivity index (χ2v) is 6.86. The summed E-state index contributed by atoms with van der Waals surface area (Å²) in [5, 5.41) is 2.54. The van der Waals surface area contributed by atoms with Gasteiger partial charge in [-0.25, -0.2) is 0 Å². The number of alkyl halides is 3. The highest BCUT2D eigenvalue weighted by Gasteiger charge is 2.63. The Hall–Kier alpha value is -1.31. The lowest BCUT2D eigenvalue weighted by molar-refractivity contribution is -0.206. The molecule has 0 radical (unpaired) electrons. The van der Waals surface area contributed by atoms with Crippen molar-refractivity contribution in [3.63, 3.8) is 0 Å². The molecule has 24 heavy (non-hydrogen) atoms. The Kier molecular flexibility index (Phi) is 5.78. The zero-order valence-electron chi connectivity index (χ0n) is 14.1. The van der Waals surface area contributed by atoms with Crippen LogP contribution in [0.1, 0.15) is 46.0 Å². The molecule has 1 heterocycles. The molecule has 138 valence electrons. The number of amides is 2. The van der Waals surface area contributed by atoms with Crippen molar-refractivity contribution in [3.05, 3.63) is 0 Å². The van der Waals surface area contributed by atoms with Gasteiger partial charge in [0.2, 0.25) is 11.8 Å². The van der Waals surface area contributed by atoms with Gasteiger partial charge >= 0.3 is 6.18 Å². The second kappa shape index (κ2) is 7.29. The Labute approximate surface area is 139 Å². The van der Waals surface area contributed by atoms with Crippen molar-refractivity contribution in [2.24, 2.45) is 5.41 Å². The van der Waals surface area contributed by atoms with Crippen LogP contribution in [0.15, 0.2) is 0 Å². The number of nitrogens with zero attached hydrogens (tertiary/aromatic N) is 1. The molecule has 1 aliphatic heterocycles. The third-order valence-electron chi connectivity index (χ3n) is 4.84. The first kappa shape index (κ1) is 19.0. The van der Waals surface area contributed by atoms with Crippen LogP contribution in [0.2, 0.25) is 0 Å². The Balaban J connectivity index is 1.98. The van der Waals surface area contributed by atoms with Crippen LogP contribution < -0.4 is 5.32 Å². The van der Waals surface area contributed by atoms with Gasteiger partial charge in [0.1, 0.15) is 6.04 Å². The molecule has 2 rings (SSSR count). The van der Waals surface area contributed by atoms with E-state index in [1.165, 1.54) is 13.8 Å². The minimum Gasteiger partial charge on any atom is -0.375 e. The molecule has 2 fully saturated rings. The molecule has 1 N–H and O–H groups in total. The zero-order chi connectivity index (χ0) is 18.0. The lowest BCUT2D eigenvalue weighted by Crippen LogP contribution is -2.55. The van der Waals surface area contributed by atoms with Crippen LogP contribution >= 0.6 is 0 Å². The number of ether oxygens (including phenoxy) is 1. The number of hydrogen-bond donors (Lipinski definition) is 1. The fourth-order valence-electron chi connectivity index (χ4n) is 2.96. The maximum absolute atomic E-state index is 13.0. The van der Waals surface area contributed by atoms with Crippen LogP contribution in [-0.4, -0.2) is 54.7 Å². The molecule has 8 heteroatoms. The van der Waals surface area contributed by atoms with E-state index >= 15 is 0 Å². The maximum atomic E-state index is 13.0. The SMILES string of the molecule is CC(=O)NC(C(=O)N1CCCCC1)C(C)OCC1(C(F)(F)F)CC1. The van der Waals surface area contributed by atoms with E-state index in [1.807, 2.05) is 0 Å². The summed E-state index contributed by atoms with van der Waals surface area (Å²) in [4.78, 5) is 25.7. The molecule has 1 saturated carbocycles. The Bertz CT molecular complexity index is 472. The Morgan fingerprint density at radius 1 is 1.21 bits per heavy atom. The van der Waals surface area contributed by atoms with E-state index in [0.717, 1.165) is 19.3 Å². The molecule has 2 unspecified atom stereocenters. The van der Waals surface area contributed by atoms with Crippen LogP contribution in [0.4, 0.5) is 13.2 Å². The summed E-state index contributed by atoms with van der Waals surface area (Å²) in [5.74, 6) is -0.688. The number of hydrogen-bond acceptors (Lipinski definition) is 3. The van der Waals surface area contributed by atoms with Crippen LogP contribution in [-0.2, 0) is 14.3 Å². The summed E-state index contributed by atoms with van der Waals surface area (Å²) < 4.78 is 44.3. The van der Waals surface area contributed by atoms with Gasteiger partial charge in [0.05, 0.1) is 18.1 Å². The first-order chi connectivity index (χ1) is 11.2. The van der Waals surface area contributed by atoms with Crippen LogP contribution in [0.25, 0.3) is 0 Å². The topological polar surface area (TPSA) is 58.6 Å². The number of nitrogens with one attached hydrogen (secondary N) is 1. The third kappa shape index (κ3) is 4.40. The van der Waals surface area contributed by atoms with E-state index in [1.54, 1.807) is 4.90 Å². The number of halogens is 3. The van der Waals surface area contributed by atoms with Gasteiger partial charge < -0.3 is 15.0 Å². The smallest absolute Gasteiger partial charge is 0.375 e. The van der Waals surface area contributed by atoms with E-state index in [4.69, 9.17) is 4.74 Å². The molecular formula is C16H25F3N2O3. The molecular weight excluding hydrogens is 325 g/mol. The number of carbonyl (C=O) groups is 2. The molecule has 1 aliphatic carbocycles. The summed E-state index contributed by atoms with van der Waals surface area (Å²) in [5.41, 5.74) is -1.78. The summed E-state index contributed by atoms with van der Waals surface area (Å²) >= 11 is 0. The monoisotopic (exact) mass is 350 g/mol. The van der Waals surface area contributed by atoms with E-state index in [0.29, 0.717) is 13.1 Å². The fourth-order valence-corrected chi connectivity index (χ4v) is 2.96. The van der Waals surface area contributed by atoms with Crippen LogP contribution in [0.5, 0.6) is 0 Å². The minimum atomic E-state index is -4.30. The Morgan fingerprint density at radius 3 is 2.25 bits per heavy atom. The number of rotatable bonds is 6. The maximum Gasteiger partial charge on any atom is 0.396 e. The zero-order valence-corrected chi connectivity index (χ0v) is 14.1. The average molecular weight is 350 g/mol. The molecule has 2 atom stereocenters. The lowest BCUT2D eigenvalue weighted by atomic mass is 10.1. The first-order valence-electron chi connectivity index (χ1n) is 8.40. The van der Waals surface area contributed by atoms with Gasteiger partial charge in [0, 0.05) is 20.0 Å². The van der Waals surface area contributed by atoms with Crippen molar-refractivity contribution in [1.29, 1.82) is 0 Å². The van der Waals surface area contributed by atoms with Gasteiger partial charge in [-0.15, -0.1) is 0 Å². The molecule has 0 bridgehead atoms. The van der Waals surface area contributed by atoms with E-state index < -0.39 is 36.3 Å². The van der Waals surface area contributed by atoms with E-state index in [2.05, 4.69) is 5.32 Å². The van der Waals surface area contributed by atoms with Crippen molar-refractivity contribution in [3.8, 4) is 0 Å². The normalized spacial score (nSPS) is 22.6. The number of carbonyl (C=O) groups excluding carboxylic acids is 2. The van der Waals surface area contributed by atoms with Gasteiger partial charge in [0.25, 0.3) is 0 Å². The average Bonchev–Trinajstić information content (AvgIpc) is 3.31. The molecule has 0 aromatic carbocycles. The molecule has 0 aromatic heterocycles. The highest BCUT2D eigenvalue weighted by Crippen LogP contribution is 2.57. The lowest BCUT2D eigenvalue weighted by Gasteiger charge is -2.33. The highest BCUT2D eigenvalue weighted by molar-refractivity contribution is 5.87. The van der Waals surface area contributed by atoms with E-state index in [9.17, 15) is 22.8 Å². The summed E-state index contributed by atoms with van der Waals surface area (Å²) in [7, 11) is 0. The molecule has 2 amide bonds. The van der Waals surface area contributed by atoms with E-state index in [-0.39, 0.29) is 18.7 Å². The van der Waals surface area contributed by atoms with Crippen molar-refractivity contribution in [1.82, 2.24) is 10.2 Å². The Morgan fingerprint density at radius 2 is 1.79 bits per heavy atom. The van der Waals surface area contributed by atoms with Crippen LogP contribution in [0.3, 0.4) is 0 Å². The molecule has 1 saturated heterocycles. The summed E-state index contributed by atoms with van der Waals surface area (Å²) in [6, 6.07) is -0.954. The second-order valence-electron chi connectivity index (χ2n) is 6.86. The molecule has 0 spiro atoms. The standard InChI is InChI=1S/C16H25F3N2O3/c1-11(24-10-15(6-7-15)16(17,18)19)13(20-12(2)22)14(23)21-8-4-3-5-9-21/h11,13H,3-10H2,1-2H3,(H,20,22). The van der Waals surface area contributed by atoms with Crippen molar-refractivity contribution in [2.75, 3.05) is 19.7 Å². The van der Waals surface area contributed by atoms with Crippen molar-refractivity contribution in [2.45, 2.75) is 64.3 Å². The molecule has 2 aliphatic rings. The van der Waals surface area contributed by atoms with Gasteiger partial charge in [0.15, 0.2) is 0 Å². The first-order valence-corrected chi connectivity index (χ1v) is 8.40. The fraction of sp³-hybridized carbons (Fsp3) is 0.875. The van der Waals surface area contributed by atoms with Crippen molar-refractivity contribution >= 4 is 11.8 Å². The molecule has 5 nitrogen and oxygen atoms in total. The van der Waals surface area contributed by atoms with Gasteiger partial charge in [-0.2, -0.15) is 13.2 Å². The number of likely N-dealkylation sites (tertiary alicyclic amines) is 1. The van der Waals surface area contributed by atoms with Gasteiger partial charge in [-0.1, -0.05) is 0 Å². The quantitative estimate of drug-likeness (QED) is 0.799. The number of piperidine rings is 1. The predicted octanol–water partition coefficient (Wildman–Crippen LogP) is 2.25. The molecule has 0 aromatic rings. The minimum absolute atomic E-state index is 0.0497. The van der Waals surface area contributed by atoms with Crippen LogP contribution in [0, 0.1) is 5.41 Å². The summed E-state index contributed by atoms with van der Waals surface area (Å²) in [6.45, 7) is 3.56. The predicted molar refractivity (Wildman–Crippen MR) is 81.2 cm³/mol.